The first-order valence-electron chi connectivity index (χ1n) is 4.80. The first-order chi connectivity index (χ1) is 6.20. The molecule has 3 nitrogen and oxygen atoms in total. The van der Waals surface area contributed by atoms with Gasteiger partial charge in [-0.25, -0.2) is 0 Å². The summed E-state index contributed by atoms with van der Waals surface area (Å²) in [6, 6.07) is -0.0672. The largest absolute Gasteiger partial charge is 0.391 e. The average molecular weight is 183 g/mol. The fourth-order valence-corrected chi connectivity index (χ4v) is 1.60. The molecule has 2 N–H and O–H groups in total. The van der Waals surface area contributed by atoms with Crippen molar-refractivity contribution >= 4 is 5.91 Å². The van der Waals surface area contributed by atoms with Gasteiger partial charge in [0.2, 0.25) is 5.91 Å². The van der Waals surface area contributed by atoms with Crippen molar-refractivity contribution in [2.45, 2.75) is 44.8 Å². The van der Waals surface area contributed by atoms with Gasteiger partial charge in [-0.2, -0.15) is 0 Å². The van der Waals surface area contributed by atoms with Crippen molar-refractivity contribution < 1.29 is 9.90 Å². The number of hydrogen-bond acceptors (Lipinski definition) is 2. The first kappa shape index (κ1) is 10.3. The summed E-state index contributed by atoms with van der Waals surface area (Å²) in [5.41, 5.74) is 0. The summed E-state index contributed by atoms with van der Waals surface area (Å²) in [7, 11) is 0. The number of hydrogen-bond donors (Lipinski definition) is 2. The maximum absolute atomic E-state index is 10.8. The third kappa shape index (κ3) is 3.59. The van der Waals surface area contributed by atoms with Gasteiger partial charge in [-0.05, 0) is 25.7 Å². The van der Waals surface area contributed by atoms with Crippen LogP contribution in [0.3, 0.4) is 0 Å². The number of nitrogens with one attached hydrogen (secondary N) is 1. The lowest BCUT2D eigenvalue weighted by Gasteiger charge is -2.24. The number of carbonyl (C=O) groups excluding carboxylic acids is 1. The van der Waals surface area contributed by atoms with E-state index in [9.17, 15) is 9.90 Å². The molecule has 2 atom stereocenters. The van der Waals surface area contributed by atoms with E-state index in [1.165, 1.54) is 6.92 Å². The Morgan fingerprint density at radius 1 is 1.38 bits per heavy atom. The molecular formula is C10H17NO2. The summed E-state index contributed by atoms with van der Waals surface area (Å²) in [6.45, 7) is 1.49. The molecule has 13 heavy (non-hydrogen) atoms. The van der Waals surface area contributed by atoms with E-state index in [4.69, 9.17) is 0 Å². The van der Waals surface area contributed by atoms with Gasteiger partial charge in [-0.3, -0.25) is 4.79 Å². The first-order valence-corrected chi connectivity index (χ1v) is 4.80. The smallest absolute Gasteiger partial charge is 0.217 e. The van der Waals surface area contributed by atoms with Crippen LogP contribution in [0.15, 0.2) is 12.2 Å². The predicted molar refractivity (Wildman–Crippen MR) is 51.2 cm³/mol. The Morgan fingerprint density at radius 3 is 2.62 bits per heavy atom. The molecule has 0 fully saturated rings. The van der Waals surface area contributed by atoms with Gasteiger partial charge in [0.25, 0.3) is 0 Å². The molecule has 0 spiro atoms. The lowest BCUT2D eigenvalue weighted by molar-refractivity contribution is -0.120. The van der Waals surface area contributed by atoms with Crippen LogP contribution in [0.2, 0.25) is 0 Å². The van der Waals surface area contributed by atoms with E-state index in [0.29, 0.717) is 0 Å². The van der Waals surface area contributed by atoms with Crippen LogP contribution in [-0.2, 0) is 4.79 Å². The van der Waals surface area contributed by atoms with Crippen molar-refractivity contribution in [1.29, 1.82) is 0 Å². The van der Waals surface area contributed by atoms with Crippen LogP contribution < -0.4 is 5.32 Å². The second kappa shape index (κ2) is 5.02. The molecule has 1 aliphatic rings. The number of allylic oxidation sites excluding steroid dienone is 2. The van der Waals surface area contributed by atoms with E-state index in [0.717, 1.165) is 25.7 Å². The Hall–Kier alpha value is -0.830. The normalized spacial score (nSPS) is 31.5. The van der Waals surface area contributed by atoms with E-state index in [1.54, 1.807) is 0 Å². The summed E-state index contributed by atoms with van der Waals surface area (Å²) in [4.78, 5) is 10.8. The molecule has 0 radical (unpaired) electrons. The number of aliphatic hydroxyl groups excluding tert-OH is 1. The molecule has 0 aliphatic heterocycles. The highest BCUT2D eigenvalue weighted by Gasteiger charge is 2.19. The monoisotopic (exact) mass is 183 g/mol. The van der Waals surface area contributed by atoms with Crippen LogP contribution in [-0.4, -0.2) is 23.2 Å². The maximum Gasteiger partial charge on any atom is 0.217 e. The second-order valence-corrected chi connectivity index (χ2v) is 3.50. The van der Waals surface area contributed by atoms with Gasteiger partial charge < -0.3 is 10.4 Å². The molecular weight excluding hydrogens is 166 g/mol. The molecule has 0 saturated heterocycles. The molecule has 0 saturated carbocycles. The van der Waals surface area contributed by atoms with Crippen LogP contribution in [0.5, 0.6) is 0 Å². The summed E-state index contributed by atoms with van der Waals surface area (Å²) in [5, 5.41) is 12.5. The molecule has 1 rings (SSSR count). The van der Waals surface area contributed by atoms with E-state index < -0.39 is 6.10 Å². The van der Waals surface area contributed by atoms with Crippen LogP contribution >= 0.6 is 0 Å². The van der Waals surface area contributed by atoms with E-state index in [-0.39, 0.29) is 11.9 Å². The highest BCUT2D eigenvalue weighted by molar-refractivity contribution is 5.73. The van der Waals surface area contributed by atoms with Crippen molar-refractivity contribution in [1.82, 2.24) is 5.32 Å². The van der Waals surface area contributed by atoms with Crippen LogP contribution in [0.25, 0.3) is 0 Å². The number of rotatable bonds is 1. The van der Waals surface area contributed by atoms with Crippen LogP contribution in [0.1, 0.15) is 32.6 Å². The lowest BCUT2D eigenvalue weighted by atomic mass is 9.98. The number of aliphatic hydroxyl groups is 1. The number of amides is 1. The van der Waals surface area contributed by atoms with Crippen molar-refractivity contribution in [2.24, 2.45) is 0 Å². The molecule has 1 aliphatic carbocycles. The van der Waals surface area contributed by atoms with Gasteiger partial charge in [0.05, 0.1) is 12.1 Å². The standard InChI is InChI=1S/C10H17NO2/c1-8(12)11-9-6-4-2-3-5-7-10(9)13/h2-3,9-10,13H,4-7H2,1H3,(H,11,12)/b3-2-. The highest BCUT2D eigenvalue weighted by Crippen LogP contribution is 2.12. The van der Waals surface area contributed by atoms with E-state index in [2.05, 4.69) is 17.5 Å². The zero-order valence-corrected chi connectivity index (χ0v) is 7.99. The van der Waals surface area contributed by atoms with Gasteiger partial charge in [0.15, 0.2) is 0 Å². The number of carbonyl (C=O) groups is 1. The third-order valence-electron chi connectivity index (χ3n) is 2.29. The predicted octanol–water partition coefficient (Wildman–Crippen LogP) is 0.982. The zero-order chi connectivity index (χ0) is 9.68. The van der Waals surface area contributed by atoms with Crippen molar-refractivity contribution in [2.75, 3.05) is 0 Å². The molecule has 3 heteroatoms. The molecule has 0 aromatic heterocycles. The van der Waals surface area contributed by atoms with Crippen molar-refractivity contribution in [3.63, 3.8) is 0 Å². The molecule has 0 aromatic rings. The van der Waals surface area contributed by atoms with Crippen molar-refractivity contribution in [3.05, 3.63) is 12.2 Å². The maximum atomic E-state index is 10.8. The van der Waals surface area contributed by atoms with Gasteiger partial charge in [0, 0.05) is 6.92 Å². The Morgan fingerprint density at radius 2 is 2.00 bits per heavy atom. The molecule has 0 aromatic carbocycles. The van der Waals surface area contributed by atoms with Gasteiger partial charge in [-0.15, -0.1) is 0 Å². The summed E-state index contributed by atoms with van der Waals surface area (Å²) >= 11 is 0. The van der Waals surface area contributed by atoms with E-state index >= 15 is 0 Å². The van der Waals surface area contributed by atoms with Gasteiger partial charge >= 0.3 is 0 Å². The molecule has 2 unspecified atom stereocenters. The molecule has 1 amide bonds. The van der Waals surface area contributed by atoms with Crippen molar-refractivity contribution in [3.8, 4) is 0 Å². The van der Waals surface area contributed by atoms with Gasteiger partial charge in [-0.1, -0.05) is 12.2 Å². The minimum absolute atomic E-state index is 0.0615. The van der Waals surface area contributed by atoms with E-state index in [1.807, 2.05) is 0 Å². The SMILES string of the molecule is CC(=O)NC1CC/C=C\CCC1O. The summed E-state index contributed by atoms with van der Waals surface area (Å²) in [6.07, 6.45) is 7.21. The van der Waals surface area contributed by atoms with Crippen LogP contribution in [0.4, 0.5) is 0 Å². The second-order valence-electron chi connectivity index (χ2n) is 3.50. The van der Waals surface area contributed by atoms with Crippen LogP contribution in [0, 0.1) is 0 Å². The Bertz CT molecular complexity index is 201. The van der Waals surface area contributed by atoms with Gasteiger partial charge in [0.1, 0.15) is 0 Å². The fraction of sp³-hybridized carbons (Fsp3) is 0.700. The minimum Gasteiger partial charge on any atom is -0.391 e. The lowest BCUT2D eigenvalue weighted by Crippen LogP contribution is -2.42. The molecule has 0 bridgehead atoms. The highest BCUT2D eigenvalue weighted by atomic mass is 16.3. The Balaban J connectivity index is 2.48. The Labute approximate surface area is 78.8 Å². The molecule has 0 heterocycles. The zero-order valence-electron chi connectivity index (χ0n) is 7.99. The molecule has 74 valence electrons. The topological polar surface area (TPSA) is 49.3 Å². The Kier molecular flexibility index (Phi) is 3.96. The summed E-state index contributed by atoms with van der Waals surface area (Å²) < 4.78 is 0. The fourth-order valence-electron chi connectivity index (χ4n) is 1.60. The quantitative estimate of drug-likeness (QED) is 0.595. The average Bonchev–Trinajstić information content (AvgIpc) is 2.04. The minimum atomic E-state index is -0.395. The summed E-state index contributed by atoms with van der Waals surface area (Å²) in [5.74, 6) is -0.0615. The third-order valence-corrected chi connectivity index (χ3v) is 2.29.